The maximum Gasteiger partial charge on any atom is 0.193 e. The van der Waals surface area contributed by atoms with Crippen molar-refractivity contribution in [1.82, 2.24) is 10.3 Å². The Morgan fingerprint density at radius 1 is 1.80 bits per heavy atom. The van der Waals surface area contributed by atoms with Crippen molar-refractivity contribution in [3.8, 4) is 0 Å². The van der Waals surface area contributed by atoms with Gasteiger partial charge < -0.3 is 4.90 Å². The average Bonchev–Trinajstić information content (AvgIpc) is 2.15. The summed E-state index contributed by atoms with van der Waals surface area (Å²) in [6, 6.07) is 0. The molecule has 0 radical (unpaired) electrons. The van der Waals surface area contributed by atoms with Gasteiger partial charge in [0.1, 0.15) is 6.34 Å². The minimum Gasteiger partial charge on any atom is -0.327 e. The number of nitrogens with one attached hydrogen (secondary N) is 1. The van der Waals surface area contributed by atoms with Gasteiger partial charge in [-0.1, -0.05) is 25.4 Å². The highest BCUT2D eigenvalue weighted by molar-refractivity contribution is 6.20. The van der Waals surface area contributed by atoms with Crippen LogP contribution in [0.5, 0.6) is 0 Å². The van der Waals surface area contributed by atoms with Crippen molar-refractivity contribution >= 4 is 17.9 Å². The topological polar surface area (TPSA) is 27.6 Å². The smallest absolute Gasteiger partial charge is 0.193 e. The Morgan fingerprint density at radius 3 is 2.90 bits per heavy atom. The maximum absolute atomic E-state index is 5.81. The Kier molecular flexibility index (Phi) is 2.38. The minimum absolute atomic E-state index is 0.151. The Bertz CT molecular complexity index is 135. The second-order valence-corrected chi connectivity index (χ2v) is 3.21. The molecule has 0 aromatic rings. The highest BCUT2D eigenvalue weighted by Crippen LogP contribution is 2.06. The van der Waals surface area contributed by atoms with Gasteiger partial charge in [-0.05, 0) is 5.92 Å². The fraction of sp³-hybridized carbons (Fsp3) is 0.833. The monoisotopic (exact) mass is 161 g/mol. The molecule has 0 amide bonds. The number of halogens is 1. The van der Waals surface area contributed by atoms with Gasteiger partial charge >= 0.3 is 0 Å². The third-order valence-electron chi connectivity index (χ3n) is 1.25. The molecule has 0 bridgehead atoms. The first-order chi connectivity index (χ1) is 4.70. The molecule has 1 aliphatic rings. The van der Waals surface area contributed by atoms with Gasteiger partial charge in [-0.15, -0.1) is 0 Å². The minimum atomic E-state index is -0.151. The second kappa shape index (κ2) is 3.10. The zero-order chi connectivity index (χ0) is 7.56. The number of hydrogen-bond acceptors (Lipinski definition) is 3. The Balaban J connectivity index is 2.33. The van der Waals surface area contributed by atoms with Gasteiger partial charge in [0.05, 0.1) is 0 Å². The van der Waals surface area contributed by atoms with Gasteiger partial charge in [-0.25, -0.2) is 0 Å². The average molecular weight is 162 g/mol. The van der Waals surface area contributed by atoms with Crippen molar-refractivity contribution in [2.24, 2.45) is 11.0 Å². The van der Waals surface area contributed by atoms with E-state index in [0.29, 0.717) is 5.92 Å². The zero-order valence-corrected chi connectivity index (χ0v) is 6.97. The van der Waals surface area contributed by atoms with Gasteiger partial charge in [-0.3, -0.25) is 5.43 Å². The van der Waals surface area contributed by atoms with Crippen molar-refractivity contribution in [3.05, 3.63) is 0 Å². The van der Waals surface area contributed by atoms with Crippen molar-refractivity contribution < 1.29 is 0 Å². The molecule has 58 valence electrons. The molecule has 1 N–H and O–H groups in total. The summed E-state index contributed by atoms with van der Waals surface area (Å²) in [7, 11) is 0. The summed E-state index contributed by atoms with van der Waals surface area (Å²) < 4.78 is 0. The first kappa shape index (κ1) is 7.66. The highest BCUT2D eigenvalue weighted by atomic mass is 35.5. The van der Waals surface area contributed by atoms with E-state index in [9.17, 15) is 0 Å². The van der Waals surface area contributed by atoms with Crippen LogP contribution in [0.25, 0.3) is 0 Å². The molecule has 3 nitrogen and oxygen atoms in total. The third kappa shape index (κ3) is 1.77. The molecule has 0 aromatic carbocycles. The van der Waals surface area contributed by atoms with E-state index in [4.69, 9.17) is 11.6 Å². The predicted molar refractivity (Wildman–Crippen MR) is 42.8 cm³/mol. The summed E-state index contributed by atoms with van der Waals surface area (Å²) >= 11 is 5.81. The summed E-state index contributed by atoms with van der Waals surface area (Å²) in [6.45, 7) is 5.25. The summed E-state index contributed by atoms with van der Waals surface area (Å²) in [6.07, 6.45) is 1.73. The van der Waals surface area contributed by atoms with Crippen LogP contribution in [0.4, 0.5) is 0 Å². The van der Waals surface area contributed by atoms with Gasteiger partial charge in [0.25, 0.3) is 0 Å². The quantitative estimate of drug-likeness (QED) is 0.484. The lowest BCUT2D eigenvalue weighted by molar-refractivity contribution is 0.348. The van der Waals surface area contributed by atoms with Crippen molar-refractivity contribution in [2.75, 3.05) is 6.54 Å². The Labute approximate surface area is 66.0 Å². The number of nitrogens with zero attached hydrogens (tertiary/aromatic N) is 2. The molecule has 0 fully saturated rings. The molecule has 0 saturated heterocycles. The maximum atomic E-state index is 5.81. The number of hydrazone groups is 1. The van der Waals surface area contributed by atoms with Gasteiger partial charge in [0.15, 0.2) is 5.62 Å². The molecule has 1 aliphatic heterocycles. The van der Waals surface area contributed by atoms with E-state index in [1.807, 2.05) is 4.90 Å². The molecule has 1 atom stereocenters. The fourth-order valence-corrected chi connectivity index (χ4v) is 1.05. The summed E-state index contributed by atoms with van der Waals surface area (Å²) in [5.41, 5.74) is 2.59. The molecule has 0 spiro atoms. The largest absolute Gasteiger partial charge is 0.327 e. The lowest BCUT2D eigenvalue weighted by Gasteiger charge is -2.19. The van der Waals surface area contributed by atoms with Gasteiger partial charge in [-0.2, -0.15) is 5.10 Å². The predicted octanol–water partition coefficient (Wildman–Crippen LogP) is 1.01. The van der Waals surface area contributed by atoms with Crippen LogP contribution in [0.1, 0.15) is 13.8 Å². The van der Waals surface area contributed by atoms with Crippen LogP contribution >= 0.6 is 11.6 Å². The fourth-order valence-electron chi connectivity index (χ4n) is 0.863. The van der Waals surface area contributed by atoms with Gasteiger partial charge in [0, 0.05) is 6.54 Å². The van der Waals surface area contributed by atoms with Crippen LogP contribution in [0.3, 0.4) is 0 Å². The van der Waals surface area contributed by atoms with Gasteiger partial charge in [0.2, 0.25) is 0 Å². The molecule has 1 unspecified atom stereocenters. The SMILES string of the molecule is CC(C)CN1C=NNC1Cl. The lowest BCUT2D eigenvalue weighted by atomic mass is 10.2. The van der Waals surface area contributed by atoms with Crippen molar-refractivity contribution in [2.45, 2.75) is 19.5 Å². The number of alkyl halides is 1. The molecule has 1 rings (SSSR count). The van der Waals surface area contributed by atoms with Crippen LogP contribution in [0, 0.1) is 5.92 Å². The van der Waals surface area contributed by atoms with Crippen LogP contribution < -0.4 is 5.43 Å². The number of hydrogen-bond donors (Lipinski definition) is 1. The van der Waals surface area contributed by atoms with E-state index in [0.717, 1.165) is 6.54 Å². The molecule has 1 heterocycles. The van der Waals surface area contributed by atoms with E-state index in [1.165, 1.54) is 0 Å². The summed E-state index contributed by atoms with van der Waals surface area (Å²) in [5, 5.41) is 3.82. The van der Waals surface area contributed by atoms with Crippen LogP contribution in [0.2, 0.25) is 0 Å². The Hall–Kier alpha value is -0.440. The molecule has 0 saturated carbocycles. The normalized spacial score (nSPS) is 24.0. The molecule has 0 aliphatic carbocycles. The lowest BCUT2D eigenvalue weighted by Crippen LogP contribution is -2.34. The molecule has 0 aromatic heterocycles. The molecule has 4 heteroatoms. The van der Waals surface area contributed by atoms with Crippen LogP contribution in [0.15, 0.2) is 5.10 Å². The number of rotatable bonds is 2. The first-order valence-corrected chi connectivity index (χ1v) is 3.82. The van der Waals surface area contributed by atoms with E-state index >= 15 is 0 Å². The molecule has 10 heavy (non-hydrogen) atoms. The molecular formula is C6H12ClN3. The van der Waals surface area contributed by atoms with Crippen LogP contribution in [-0.4, -0.2) is 23.4 Å². The highest BCUT2D eigenvalue weighted by Gasteiger charge is 2.16. The third-order valence-corrected chi connectivity index (χ3v) is 1.60. The van der Waals surface area contributed by atoms with Crippen molar-refractivity contribution in [1.29, 1.82) is 0 Å². The van der Waals surface area contributed by atoms with E-state index in [1.54, 1.807) is 6.34 Å². The second-order valence-electron chi connectivity index (χ2n) is 2.80. The summed E-state index contributed by atoms with van der Waals surface area (Å²) in [5.74, 6) is 0.618. The van der Waals surface area contributed by atoms with E-state index < -0.39 is 0 Å². The van der Waals surface area contributed by atoms with E-state index in [-0.39, 0.29) is 5.62 Å². The Morgan fingerprint density at radius 2 is 2.50 bits per heavy atom. The molecular weight excluding hydrogens is 150 g/mol. The summed E-state index contributed by atoms with van der Waals surface area (Å²) in [4.78, 5) is 1.96. The zero-order valence-electron chi connectivity index (χ0n) is 6.21. The van der Waals surface area contributed by atoms with Crippen molar-refractivity contribution in [3.63, 3.8) is 0 Å². The van der Waals surface area contributed by atoms with E-state index in [2.05, 4.69) is 24.4 Å². The first-order valence-electron chi connectivity index (χ1n) is 3.38. The van der Waals surface area contributed by atoms with Crippen LogP contribution in [-0.2, 0) is 0 Å². The standard InChI is InChI=1S/C6H12ClN3/c1-5(2)3-10-4-8-9-6(10)7/h4-6,9H,3H2,1-2H3.